The molecule has 0 spiro atoms. The molecule has 0 aliphatic carbocycles. The predicted octanol–water partition coefficient (Wildman–Crippen LogP) is 1.31. The van der Waals surface area contributed by atoms with Crippen LogP contribution in [0.15, 0.2) is 0 Å². The van der Waals surface area contributed by atoms with Crippen LogP contribution in [-0.2, 0) is 0 Å². The van der Waals surface area contributed by atoms with Crippen LogP contribution in [0.25, 0.3) is 0 Å². The Morgan fingerprint density at radius 3 is 2.33 bits per heavy atom. The van der Waals surface area contributed by atoms with Gasteiger partial charge in [0, 0.05) is 25.7 Å². The maximum atomic E-state index is 5.67. The summed E-state index contributed by atoms with van der Waals surface area (Å²) in [5.74, 6) is 1.77. The van der Waals surface area contributed by atoms with E-state index in [4.69, 9.17) is 5.73 Å². The maximum absolute atomic E-state index is 5.67. The predicted molar refractivity (Wildman–Crippen MR) is 53.0 cm³/mol. The van der Waals surface area contributed by atoms with Crippen LogP contribution in [0.3, 0.4) is 0 Å². The van der Waals surface area contributed by atoms with Gasteiger partial charge in [-0.25, -0.2) is 0 Å². The number of nitrogens with two attached hydrogens (primary N) is 1. The molecule has 1 aliphatic heterocycles. The summed E-state index contributed by atoms with van der Waals surface area (Å²) in [7, 11) is 0. The Kier molecular flexibility index (Phi) is 3.53. The third kappa shape index (κ3) is 1.99. The molecule has 0 aromatic carbocycles. The first-order chi connectivity index (χ1) is 5.69. The van der Waals surface area contributed by atoms with Crippen LogP contribution in [0.5, 0.6) is 0 Å². The van der Waals surface area contributed by atoms with Crippen molar-refractivity contribution in [2.24, 2.45) is 17.6 Å². The van der Waals surface area contributed by atoms with E-state index < -0.39 is 0 Å². The van der Waals surface area contributed by atoms with Gasteiger partial charge in [0.2, 0.25) is 0 Å². The third-order valence-corrected chi connectivity index (χ3v) is 3.14. The van der Waals surface area contributed by atoms with E-state index in [9.17, 15) is 0 Å². The van der Waals surface area contributed by atoms with Gasteiger partial charge in [0.1, 0.15) is 0 Å². The van der Waals surface area contributed by atoms with Crippen molar-refractivity contribution in [1.29, 1.82) is 0 Å². The van der Waals surface area contributed by atoms with Crippen LogP contribution in [-0.4, -0.2) is 30.6 Å². The normalized spacial score (nSPS) is 22.8. The minimum Gasteiger partial charge on any atom is -0.329 e. The average Bonchev–Trinajstić information content (AvgIpc) is 1.94. The van der Waals surface area contributed by atoms with Crippen LogP contribution in [0, 0.1) is 11.8 Å². The van der Waals surface area contributed by atoms with Crippen molar-refractivity contribution in [2.75, 3.05) is 19.6 Å². The van der Waals surface area contributed by atoms with E-state index in [1.165, 1.54) is 19.5 Å². The standard InChI is InChI=1S/C10H22N2/c1-4-10(5-11)12-6-9(7-12)8(2)3/h8-10H,4-7,11H2,1-3H3. The number of likely N-dealkylation sites (tertiary alicyclic amines) is 1. The fourth-order valence-electron chi connectivity index (χ4n) is 1.84. The van der Waals surface area contributed by atoms with Crippen molar-refractivity contribution >= 4 is 0 Å². The SMILES string of the molecule is CCC(CN)N1CC(C(C)C)C1. The molecule has 1 heterocycles. The van der Waals surface area contributed by atoms with E-state index in [1.807, 2.05) is 0 Å². The molecule has 1 fully saturated rings. The number of nitrogens with zero attached hydrogens (tertiary/aromatic N) is 1. The van der Waals surface area contributed by atoms with Gasteiger partial charge in [0.25, 0.3) is 0 Å². The highest BCUT2D eigenvalue weighted by molar-refractivity contribution is 4.86. The van der Waals surface area contributed by atoms with Crippen molar-refractivity contribution in [3.63, 3.8) is 0 Å². The van der Waals surface area contributed by atoms with Crippen LogP contribution < -0.4 is 5.73 Å². The Labute approximate surface area is 76.1 Å². The van der Waals surface area contributed by atoms with Gasteiger partial charge in [-0.05, 0) is 18.3 Å². The summed E-state index contributed by atoms with van der Waals surface area (Å²) in [6, 6.07) is 0.639. The van der Waals surface area contributed by atoms with Gasteiger partial charge in [0.15, 0.2) is 0 Å². The highest BCUT2D eigenvalue weighted by Crippen LogP contribution is 2.25. The summed E-state index contributed by atoms with van der Waals surface area (Å²) in [5.41, 5.74) is 5.67. The van der Waals surface area contributed by atoms with Gasteiger partial charge >= 0.3 is 0 Å². The zero-order valence-corrected chi connectivity index (χ0v) is 8.59. The maximum Gasteiger partial charge on any atom is 0.0216 e. The first-order valence-corrected chi connectivity index (χ1v) is 5.13. The Morgan fingerprint density at radius 2 is 2.00 bits per heavy atom. The van der Waals surface area contributed by atoms with Crippen LogP contribution in [0.4, 0.5) is 0 Å². The summed E-state index contributed by atoms with van der Waals surface area (Å²) in [4.78, 5) is 2.52. The van der Waals surface area contributed by atoms with Crippen LogP contribution in [0.2, 0.25) is 0 Å². The zero-order valence-electron chi connectivity index (χ0n) is 8.59. The first-order valence-electron chi connectivity index (χ1n) is 5.13. The minimum absolute atomic E-state index is 0.639. The van der Waals surface area contributed by atoms with Gasteiger partial charge in [-0.2, -0.15) is 0 Å². The van der Waals surface area contributed by atoms with Gasteiger partial charge < -0.3 is 5.73 Å². The highest BCUT2D eigenvalue weighted by Gasteiger charge is 2.32. The highest BCUT2D eigenvalue weighted by atomic mass is 15.2. The number of rotatable bonds is 4. The van der Waals surface area contributed by atoms with Gasteiger partial charge in [-0.1, -0.05) is 20.8 Å². The van der Waals surface area contributed by atoms with Gasteiger partial charge in [0.05, 0.1) is 0 Å². The summed E-state index contributed by atoms with van der Waals surface area (Å²) in [6.07, 6.45) is 1.20. The largest absolute Gasteiger partial charge is 0.329 e. The van der Waals surface area contributed by atoms with Crippen LogP contribution in [0.1, 0.15) is 27.2 Å². The van der Waals surface area contributed by atoms with Gasteiger partial charge in [-0.3, -0.25) is 4.90 Å². The molecule has 0 saturated carbocycles. The molecule has 1 rings (SSSR count). The quantitative estimate of drug-likeness (QED) is 0.689. The molecule has 0 aromatic heterocycles. The second kappa shape index (κ2) is 4.24. The molecular formula is C10H22N2. The smallest absolute Gasteiger partial charge is 0.0216 e. The van der Waals surface area contributed by atoms with E-state index in [0.29, 0.717) is 6.04 Å². The fraction of sp³-hybridized carbons (Fsp3) is 1.00. The molecule has 0 amide bonds. The molecule has 0 radical (unpaired) electrons. The molecular weight excluding hydrogens is 148 g/mol. The number of hydrogen-bond donors (Lipinski definition) is 1. The number of hydrogen-bond acceptors (Lipinski definition) is 2. The van der Waals surface area contributed by atoms with Gasteiger partial charge in [-0.15, -0.1) is 0 Å². The molecule has 1 atom stereocenters. The van der Waals surface area contributed by atoms with E-state index >= 15 is 0 Å². The van der Waals surface area contributed by atoms with Crippen molar-refractivity contribution in [3.8, 4) is 0 Å². The third-order valence-electron chi connectivity index (χ3n) is 3.14. The Balaban J connectivity index is 2.23. The minimum atomic E-state index is 0.639. The summed E-state index contributed by atoms with van der Waals surface area (Å²) >= 11 is 0. The topological polar surface area (TPSA) is 29.3 Å². The lowest BCUT2D eigenvalue weighted by atomic mass is 9.87. The zero-order chi connectivity index (χ0) is 9.14. The Hall–Kier alpha value is -0.0800. The summed E-state index contributed by atoms with van der Waals surface area (Å²) in [5, 5.41) is 0. The fourth-order valence-corrected chi connectivity index (χ4v) is 1.84. The molecule has 2 nitrogen and oxygen atoms in total. The molecule has 72 valence electrons. The van der Waals surface area contributed by atoms with E-state index in [-0.39, 0.29) is 0 Å². The molecule has 0 aromatic rings. The Bertz CT molecular complexity index is 124. The second-order valence-corrected chi connectivity index (χ2v) is 4.26. The van der Waals surface area contributed by atoms with Crippen molar-refractivity contribution in [2.45, 2.75) is 33.2 Å². The molecule has 1 unspecified atom stereocenters. The van der Waals surface area contributed by atoms with Crippen molar-refractivity contribution < 1.29 is 0 Å². The lowest BCUT2D eigenvalue weighted by Crippen LogP contribution is -2.55. The average molecular weight is 170 g/mol. The molecule has 12 heavy (non-hydrogen) atoms. The summed E-state index contributed by atoms with van der Waals surface area (Å²) < 4.78 is 0. The molecule has 2 heteroatoms. The van der Waals surface area contributed by atoms with Crippen molar-refractivity contribution in [1.82, 2.24) is 4.90 Å². The molecule has 1 saturated heterocycles. The molecule has 2 N–H and O–H groups in total. The molecule has 0 bridgehead atoms. The van der Waals surface area contributed by atoms with Crippen molar-refractivity contribution in [3.05, 3.63) is 0 Å². The Morgan fingerprint density at radius 1 is 1.42 bits per heavy atom. The molecule has 1 aliphatic rings. The second-order valence-electron chi connectivity index (χ2n) is 4.26. The van der Waals surface area contributed by atoms with Crippen LogP contribution >= 0.6 is 0 Å². The summed E-state index contributed by atoms with van der Waals surface area (Å²) in [6.45, 7) is 10.2. The monoisotopic (exact) mass is 170 g/mol. The lowest BCUT2D eigenvalue weighted by Gasteiger charge is -2.45. The lowest BCUT2D eigenvalue weighted by molar-refractivity contribution is 0.0293. The van der Waals surface area contributed by atoms with E-state index in [1.54, 1.807) is 0 Å². The van der Waals surface area contributed by atoms with E-state index in [0.717, 1.165) is 18.4 Å². The first kappa shape index (κ1) is 10.0. The van der Waals surface area contributed by atoms with E-state index in [2.05, 4.69) is 25.7 Å².